The quantitative estimate of drug-likeness (QED) is 0.457. The van der Waals surface area contributed by atoms with Gasteiger partial charge in [0.1, 0.15) is 18.6 Å². The molecule has 11 heteroatoms. The summed E-state index contributed by atoms with van der Waals surface area (Å²) in [5, 5.41) is 11.1. The molecule has 0 aliphatic rings. The first kappa shape index (κ1) is 19.3. The number of hydrogen-bond donors (Lipinski definition) is 1. The highest BCUT2D eigenvalue weighted by molar-refractivity contribution is 5.71. The predicted molar refractivity (Wildman–Crippen MR) is 100 cm³/mol. The van der Waals surface area contributed by atoms with Gasteiger partial charge in [-0.25, -0.2) is 9.78 Å². The van der Waals surface area contributed by atoms with Crippen molar-refractivity contribution in [2.45, 2.75) is 46.4 Å². The van der Waals surface area contributed by atoms with Crippen molar-refractivity contribution in [1.29, 1.82) is 0 Å². The molecular formula is C17H20N6O5. The summed E-state index contributed by atoms with van der Waals surface area (Å²) in [7, 11) is 0. The van der Waals surface area contributed by atoms with E-state index in [4.69, 9.17) is 4.74 Å². The fourth-order valence-electron chi connectivity index (χ4n) is 2.97. The number of imidazole rings is 1. The van der Waals surface area contributed by atoms with Crippen LogP contribution < -0.4 is 16.0 Å². The van der Waals surface area contributed by atoms with Crippen LogP contribution in [0.1, 0.15) is 32.5 Å². The van der Waals surface area contributed by atoms with Gasteiger partial charge in [0.05, 0.1) is 0 Å². The first-order valence-corrected chi connectivity index (χ1v) is 8.92. The lowest BCUT2D eigenvalue weighted by molar-refractivity contribution is -0.390. The lowest BCUT2D eigenvalue weighted by Gasteiger charge is -2.08. The van der Waals surface area contributed by atoms with E-state index in [0.29, 0.717) is 18.9 Å². The third-order valence-corrected chi connectivity index (χ3v) is 4.30. The van der Waals surface area contributed by atoms with Gasteiger partial charge < -0.3 is 19.4 Å². The van der Waals surface area contributed by atoms with E-state index >= 15 is 0 Å². The fraction of sp³-hybridized carbons (Fsp3) is 0.412. The fourth-order valence-corrected chi connectivity index (χ4v) is 2.97. The molecule has 3 aromatic rings. The van der Waals surface area contributed by atoms with Crippen molar-refractivity contribution in [1.82, 2.24) is 24.1 Å². The van der Waals surface area contributed by atoms with Crippen molar-refractivity contribution in [2.75, 3.05) is 0 Å². The van der Waals surface area contributed by atoms with Gasteiger partial charge in [0.15, 0.2) is 11.2 Å². The average Bonchev–Trinajstić information content (AvgIpc) is 3.05. The van der Waals surface area contributed by atoms with Gasteiger partial charge in [0.25, 0.3) is 5.56 Å². The molecule has 0 spiro atoms. The third-order valence-electron chi connectivity index (χ3n) is 4.30. The van der Waals surface area contributed by atoms with Crippen LogP contribution in [0.3, 0.4) is 0 Å². The first-order valence-electron chi connectivity index (χ1n) is 8.92. The summed E-state index contributed by atoms with van der Waals surface area (Å²) in [5.41, 5.74) is -0.483. The van der Waals surface area contributed by atoms with E-state index in [9.17, 15) is 19.7 Å². The molecule has 0 bridgehead atoms. The second-order valence-corrected chi connectivity index (χ2v) is 6.08. The molecule has 0 atom stereocenters. The SMILES string of the molecule is CCCCn1c(=O)[nH]c(=O)c2c1nc(COc1cccnc1[N+](=O)[O-])n2CC. The molecule has 0 aliphatic carbocycles. The van der Waals surface area contributed by atoms with Crippen molar-refractivity contribution in [2.24, 2.45) is 0 Å². The Morgan fingerprint density at radius 2 is 2.07 bits per heavy atom. The summed E-state index contributed by atoms with van der Waals surface area (Å²) in [4.78, 5) is 45.5. The average molecular weight is 388 g/mol. The molecule has 0 aliphatic heterocycles. The number of hydrogen-bond acceptors (Lipinski definition) is 7. The first-order chi connectivity index (χ1) is 13.5. The maximum absolute atomic E-state index is 12.4. The lowest BCUT2D eigenvalue weighted by Crippen LogP contribution is -2.31. The van der Waals surface area contributed by atoms with Crippen LogP contribution in [0.25, 0.3) is 11.2 Å². The summed E-state index contributed by atoms with van der Waals surface area (Å²) in [6, 6.07) is 2.96. The highest BCUT2D eigenvalue weighted by Gasteiger charge is 2.20. The second-order valence-electron chi connectivity index (χ2n) is 6.08. The molecule has 1 N–H and O–H groups in total. The standard InChI is InChI=1S/C17H20N6O5/c1-3-5-9-22-15-13(16(24)20-17(22)25)21(4-2)12(19-15)10-28-11-7-6-8-18-14(11)23(26)27/h6-8H,3-5,9-10H2,1-2H3,(H,20,24,25). The van der Waals surface area contributed by atoms with E-state index in [1.807, 2.05) is 13.8 Å². The Kier molecular flexibility index (Phi) is 5.52. The normalized spacial score (nSPS) is 11.1. The molecule has 3 rings (SSSR count). The Hall–Kier alpha value is -3.50. The minimum atomic E-state index is -0.634. The molecule has 0 amide bonds. The number of pyridine rings is 1. The summed E-state index contributed by atoms with van der Waals surface area (Å²) in [6.07, 6.45) is 2.94. The molecule has 3 aromatic heterocycles. The van der Waals surface area contributed by atoms with E-state index in [2.05, 4.69) is 15.0 Å². The van der Waals surface area contributed by atoms with E-state index in [1.165, 1.54) is 22.9 Å². The Bertz CT molecular complexity index is 1130. The predicted octanol–water partition coefficient (Wildman–Crippen LogP) is 1.59. The minimum absolute atomic E-state index is 0.000470. The zero-order valence-electron chi connectivity index (χ0n) is 15.5. The number of nitrogens with one attached hydrogen (secondary N) is 1. The maximum Gasteiger partial charge on any atom is 0.406 e. The second kappa shape index (κ2) is 8.03. The lowest BCUT2D eigenvalue weighted by atomic mass is 10.3. The van der Waals surface area contributed by atoms with E-state index in [-0.39, 0.29) is 23.5 Å². The zero-order valence-corrected chi connectivity index (χ0v) is 15.5. The molecule has 0 saturated carbocycles. The van der Waals surface area contributed by atoms with Crippen LogP contribution in [0, 0.1) is 10.1 Å². The van der Waals surface area contributed by atoms with Crippen molar-refractivity contribution in [3.8, 4) is 5.75 Å². The molecule has 11 nitrogen and oxygen atoms in total. The van der Waals surface area contributed by atoms with E-state index in [0.717, 1.165) is 12.8 Å². The van der Waals surface area contributed by atoms with Crippen LogP contribution in [-0.2, 0) is 19.7 Å². The van der Waals surface area contributed by atoms with Crippen molar-refractivity contribution in [3.05, 3.63) is 55.1 Å². The monoisotopic (exact) mass is 388 g/mol. The van der Waals surface area contributed by atoms with Gasteiger partial charge in [-0.2, -0.15) is 0 Å². The van der Waals surface area contributed by atoms with Crippen LogP contribution in [0.2, 0.25) is 0 Å². The van der Waals surface area contributed by atoms with Gasteiger partial charge in [0, 0.05) is 13.1 Å². The molecular weight excluding hydrogens is 368 g/mol. The Balaban J connectivity index is 2.05. The summed E-state index contributed by atoms with van der Waals surface area (Å²) in [5.74, 6) is -0.0177. The molecule has 0 unspecified atom stereocenters. The number of aromatic nitrogens is 5. The molecule has 0 fully saturated rings. The van der Waals surface area contributed by atoms with Gasteiger partial charge in [-0.15, -0.1) is 0 Å². The molecule has 0 radical (unpaired) electrons. The molecule has 0 aromatic carbocycles. The van der Waals surface area contributed by atoms with Crippen molar-refractivity contribution in [3.63, 3.8) is 0 Å². The highest BCUT2D eigenvalue weighted by Crippen LogP contribution is 2.24. The number of unbranched alkanes of at least 4 members (excludes halogenated alkanes) is 1. The Morgan fingerprint density at radius 1 is 1.29 bits per heavy atom. The number of H-pyrrole nitrogens is 1. The van der Waals surface area contributed by atoms with Gasteiger partial charge in [-0.3, -0.25) is 14.3 Å². The van der Waals surface area contributed by atoms with Crippen LogP contribution in [0.15, 0.2) is 27.9 Å². The topological polar surface area (TPSA) is 138 Å². The van der Waals surface area contributed by atoms with Crippen LogP contribution >= 0.6 is 0 Å². The number of rotatable bonds is 8. The summed E-state index contributed by atoms with van der Waals surface area (Å²) in [6.45, 7) is 4.56. The van der Waals surface area contributed by atoms with E-state index < -0.39 is 22.0 Å². The van der Waals surface area contributed by atoms with E-state index in [1.54, 1.807) is 4.57 Å². The molecule has 0 saturated heterocycles. The Morgan fingerprint density at radius 3 is 2.75 bits per heavy atom. The highest BCUT2D eigenvalue weighted by atomic mass is 16.6. The molecule has 3 heterocycles. The van der Waals surface area contributed by atoms with Gasteiger partial charge in [-0.05, 0) is 35.4 Å². The number of fused-ring (bicyclic) bond motifs is 1. The maximum atomic E-state index is 12.4. The van der Waals surface area contributed by atoms with Gasteiger partial charge in [-0.1, -0.05) is 13.3 Å². The zero-order chi connectivity index (χ0) is 20.3. The van der Waals surface area contributed by atoms with Crippen LogP contribution in [0.5, 0.6) is 5.75 Å². The molecule has 148 valence electrons. The minimum Gasteiger partial charge on any atom is -0.478 e. The smallest absolute Gasteiger partial charge is 0.406 e. The molecule has 28 heavy (non-hydrogen) atoms. The number of nitro groups is 1. The number of aryl methyl sites for hydroxylation is 2. The number of aromatic amines is 1. The summed E-state index contributed by atoms with van der Waals surface area (Å²) >= 11 is 0. The van der Waals surface area contributed by atoms with Crippen LogP contribution in [0.4, 0.5) is 5.82 Å². The third kappa shape index (κ3) is 3.50. The number of ether oxygens (including phenoxy) is 1. The van der Waals surface area contributed by atoms with Gasteiger partial charge in [0.2, 0.25) is 5.75 Å². The Labute approximate surface area is 158 Å². The largest absolute Gasteiger partial charge is 0.478 e. The van der Waals surface area contributed by atoms with Crippen LogP contribution in [-0.4, -0.2) is 29.0 Å². The number of nitrogens with zero attached hydrogens (tertiary/aromatic N) is 5. The van der Waals surface area contributed by atoms with Crippen molar-refractivity contribution < 1.29 is 9.66 Å². The van der Waals surface area contributed by atoms with Gasteiger partial charge >= 0.3 is 11.5 Å². The van der Waals surface area contributed by atoms with Crippen molar-refractivity contribution >= 4 is 17.0 Å². The summed E-state index contributed by atoms with van der Waals surface area (Å²) < 4.78 is 8.63.